The molecule has 0 aliphatic carbocycles. The third-order valence-electron chi connectivity index (χ3n) is 6.96. The first-order chi connectivity index (χ1) is 19.1. The predicted molar refractivity (Wildman–Crippen MR) is 161 cm³/mol. The lowest BCUT2D eigenvalue weighted by molar-refractivity contribution is -0.123. The summed E-state index contributed by atoms with van der Waals surface area (Å²) in [5.41, 5.74) is 6.81. The van der Waals surface area contributed by atoms with E-state index in [1.807, 2.05) is 48.0 Å². The fourth-order valence-electron chi connectivity index (χ4n) is 4.94. The molecule has 8 heteroatoms. The van der Waals surface area contributed by atoms with Gasteiger partial charge in [-0.25, -0.2) is 4.68 Å². The zero-order valence-electron chi connectivity index (χ0n) is 23.6. The van der Waals surface area contributed by atoms with Gasteiger partial charge in [0.05, 0.1) is 22.4 Å². The highest BCUT2D eigenvalue weighted by atomic mass is 32.2. The first-order valence-electron chi connectivity index (χ1n) is 13.5. The Bertz CT molecular complexity index is 1520. The number of benzene rings is 2. The van der Waals surface area contributed by atoms with E-state index in [-0.39, 0.29) is 34.8 Å². The molecule has 1 aliphatic rings. The number of nitrogens with zero attached hydrogens (tertiary/aromatic N) is 4. The van der Waals surface area contributed by atoms with Gasteiger partial charge in [0.1, 0.15) is 12.4 Å². The average molecular weight is 554 g/mol. The number of aromatic nitrogens is 3. The number of aryl methyl sites for hydroxylation is 2. The molecule has 0 fully saturated rings. The number of hydrogen-bond acceptors (Lipinski definition) is 5. The summed E-state index contributed by atoms with van der Waals surface area (Å²) < 4.78 is 1.86. The van der Waals surface area contributed by atoms with E-state index in [0.29, 0.717) is 12.4 Å². The van der Waals surface area contributed by atoms with Crippen molar-refractivity contribution in [2.24, 2.45) is 0 Å². The molecule has 1 aliphatic heterocycles. The van der Waals surface area contributed by atoms with Crippen LogP contribution in [0.3, 0.4) is 0 Å². The first kappa shape index (κ1) is 27.6. The van der Waals surface area contributed by atoms with Gasteiger partial charge < -0.3 is 5.32 Å². The molecule has 1 N–H and O–H groups in total. The Morgan fingerprint density at radius 2 is 1.75 bits per heavy atom. The summed E-state index contributed by atoms with van der Waals surface area (Å²) in [6.45, 7) is 10.8. The topological polar surface area (TPSA) is 80.1 Å². The molecular weight excluding hydrogens is 518 g/mol. The Labute approximate surface area is 240 Å². The summed E-state index contributed by atoms with van der Waals surface area (Å²) in [5.74, 6) is 0.565. The molecule has 0 saturated heterocycles. The fourth-order valence-corrected chi connectivity index (χ4v) is 6.12. The SMILES string of the molecule is Cc1ccc(-n2nc(C(C)(C)C)c3c2N(CC(=O)NCc2ccncc2)C(=O)CS[C@H]3c2cccc(C)c2)cc1. The van der Waals surface area contributed by atoms with Gasteiger partial charge in [0.25, 0.3) is 0 Å². The molecule has 0 spiro atoms. The summed E-state index contributed by atoms with van der Waals surface area (Å²) in [4.78, 5) is 32.8. The van der Waals surface area contributed by atoms with Gasteiger partial charge >= 0.3 is 0 Å². The van der Waals surface area contributed by atoms with E-state index < -0.39 is 0 Å². The number of hydrogen-bond donors (Lipinski definition) is 1. The van der Waals surface area contributed by atoms with Crippen LogP contribution >= 0.6 is 11.8 Å². The number of nitrogens with one attached hydrogen (secondary N) is 1. The lowest BCUT2D eigenvalue weighted by Gasteiger charge is -2.24. The molecule has 2 aromatic carbocycles. The molecule has 7 nitrogen and oxygen atoms in total. The second kappa shape index (κ2) is 11.3. The maximum atomic E-state index is 13.8. The van der Waals surface area contributed by atoms with E-state index in [1.165, 1.54) is 0 Å². The minimum absolute atomic E-state index is 0.0981. The Kier molecular flexibility index (Phi) is 7.81. The number of rotatable bonds is 6. The molecule has 40 heavy (non-hydrogen) atoms. The lowest BCUT2D eigenvalue weighted by atomic mass is 9.87. The van der Waals surface area contributed by atoms with Crippen molar-refractivity contribution in [2.45, 2.75) is 51.8 Å². The van der Waals surface area contributed by atoms with Gasteiger partial charge in [0, 0.05) is 29.9 Å². The number of fused-ring (bicyclic) bond motifs is 1. The first-order valence-corrected chi connectivity index (χ1v) is 14.5. The van der Waals surface area contributed by atoms with Gasteiger partial charge in [-0.15, -0.1) is 11.8 Å². The summed E-state index contributed by atoms with van der Waals surface area (Å²) in [6, 6.07) is 20.3. The van der Waals surface area contributed by atoms with Crippen molar-refractivity contribution in [3.63, 3.8) is 0 Å². The monoisotopic (exact) mass is 553 g/mol. The smallest absolute Gasteiger partial charge is 0.240 e. The highest BCUT2D eigenvalue weighted by Gasteiger charge is 2.39. The Balaban J connectivity index is 1.65. The van der Waals surface area contributed by atoms with Crippen molar-refractivity contribution in [1.29, 1.82) is 0 Å². The normalized spacial score (nSPS) is 15.5. The lowest BCUT2D eigenvalue weighted by Crippen LogP contribution is -2.42. The molecule has 0 radical (unpaired) electrons. The third-order valence-corrected chi connectivity index (χ3v) is 8.22. The minimum Gasteiger partial charge on any atom is -0.350 e. The van der Waals surface area contributed by atoms with Gasteiger partial charge in [0.15, 0.2) is 0 Å². The molecular formula is C32H35N5O2S. The fraction of sp³-hybridized carbons (Fsp3) is 0.312. The van der Waals surface area contributed by atoms with Crippen LogP contribution in [-0.2, 0) is 21.5 Å². The number of anilines is 1. The Hall–Kier alpha value is -3.91. The molecule has 0 bridgehead atoms. The van der Waals surface area contributed by atoms with Gasteiger partial charge in [-0.1, -0.05) is 68.3 Å². The van der Waals surface area contributed by atoms with Crippen LogP contribution in [-0.4, -0.2) is 38.9 Å². The quantitative estimate of drug-likeness (QED) is 0.333. The highest BCUT2D eigenvalue weighted by molar-refractivity contribution is 8.00. The third kappa shape index (κ3) is 5.82. The summed E-state index contributed by atoms with van der Waals surface area (Å²) in [6.07, 6.45) is 3.39. The van der Waals surface area contributed by atoms with E-state index >= 15 is 0 Å². The second-order valence-corrected chi connectivity index (χ2v) is 12.4. The van der Waals surface area contributed by atoms with Crippen LogP contribution in [0, 0.1) is 13.8 Å². The van der Waals surface area contributed by atoms with E-state index in [9.17, 15) is 9.59 Å². The summed E-state index contributed by atoms with van der Waals surface area (Å²) in [5, 5.41) is 8.02. The van der Waals surface area contributed by atoms with E-state index in [0.717, 1.165) is 39.2 Å². The Morgan fingerprint density at radius 1 is 1.02 bits per heavy atom. The van der Waals surface area contributed by atoms with Crippen LogP contribution in [0.2, 0.25) is 0 Å². The van der Waals surface area contributed by atoms with Crippen molar-refractivity contribution in [3.05, 3.63) is 107 Å². The number of pyridine rings is 1. The van der Waals surface area contributed by atoms with Gasteiger partial charge in [0.2, 0.25) is 11.8 Å². The molecule has 3 heterocycles. The van der Waals surface area contributed by atoms with Crippen LogP contribution in [0.25, 0.3) is 5.69 Å². The van der Waals surface area contributed by atoms with Crippen LogP contribution < -0.4 is 10.2 Å². The van der Waals surface area contributed by atoms with Crippen molar-refractivity contribution >= 4 is 29.4 Å². The molecule has 2 amide bonds. The van der Waals surface area contributed by atoms with Crippen molar-refractivity contribution in [2.75, 3.05) is 17.2 Å². The molecule has 2 aromatic heterocycles. The van der Waals surface area contributed by atoms with E-state index in [2.05, 4.69) is 62.3 Å². The van der Waals surface area contributed by atoms with Gasteiger partial charge in [-0.05, 0) is 49.2 Å². The predicted octanol–water partition coefficient (Wildman–Crippen LogP) is 5.67. The minimum atomic E-state index is -0.300. The molecule has 5 rings (SSSR count). The maximum Gasteiger partial charge on any atom is 0.240 e. The standard InChI is InChI=1S/C32H35N5O2S/c1-21-9-11-25(12-10-21)37-31-28(30(35-37)32(3,4)5)29(24-8-6-7-22(2)17-24)40-20-27(39)36(31)19-26(38)34-18-23-13-15-33-16-14-23/h6-17,29H,18-20H2,1-5H3,(H,34,38)/t29-/m0/s1. The van der Waals surface area contributed by atoms with E-state index in [1.54, 1.807) is 29.1 Å². The van der Waals surface area contributed by atoms with Gasteiger partial charge in [-0.3, -0.25) is 19.5 Å². The van der Waals surface area contributed by atoms with Crippen LogP contribution in [0.4, 0.5) is 5.82 Å². The average Bonchev–Trinajstić information content (AvgIpc) is 3.26. The van der Waals surface area contributed by atoms with Gasteiger partial charge in [-0.2, -0.15) is 5.10 Å². The maximum absolute atomic E-state index is 13.8. The number of carbonyl (C=O) groups excluding carboxylic acids is 2. The highest BCUT2D eigenvalue weighted by Crippen LogP contribution is 2.48. The Morgan fingerprint density at radius 3 is 2.42 bits per heavy atom. The summed E-state index contributed by atoms with van der Waals surface area (Å²) in [7, 11) is 0. The zero-order chi connectivity index (χ0) is 28.4. The molecule has 1 atom stereocenters. The van der Waals surface area contributed by atoms with Crippen molar-refractivity contribution in [1.82, 2.24) is 20.1 Å². The second-order valence-electron chi connectivity index (χ2n) is 11.3. The van der Waals surface area contributed by atoms with Crippen LogP contribution in [0.5, 0.6) is 0 Å². The van der Waals surface area contributed by atoms with E-state index in [4.69, 9.17) is 5.10 Å². The number of thioether (sulfide) groups is 1. The molecule has 0 unspecified atom stereocenters. The molecule has 0 saturated carbocycles. The molecule has 4 aromatic rings. The largest absolute Gasteiger partial charge is 0.350 e. The van der Waals surface area contributed by atoms with Crippen LogP contribution in [0.1, 0.15) is 59.5 Å². The van der Waals surface area contributed by atoms with Crippen molar-refractivity contribution in [3.8, 4) is 5.69 Å². The number of carbonyl (C=O) groups is 2. The van der Waals surface area contributed by atoms with Crippen molar-refractivity contribution < 1.29 is 9.59 Å². The summed E-state index contributed by atoms with van der Waals surface area (Å²) >= 11 is 1.60. The zero-order valence-corrected chi connectivity index (χ0v) is 24.5. The molecule has 206 valence electrons. The van der Waals surface area contributed by atoms with Crippen LogP contribution in [0.15, 0.2) is 73.1 Å². The number of amides is 2.